The Morgan fingerprint density at radius 1 is 1.45 bits per heavy atom. The van der Waals surface area contributed by atoms with E-state index < -0.39 is 9.84 Å². The van der Waals surface area contributed by atoms with Gasteiger partial charge in [-0.15, -0.1) is 0 Å². The number of aromatic nitrogens is 2. The maximum atomic E-state index is 11.7. The van der Waals surface area contributed by atoms with E-state index in [2.05, 4.69) is 4.98 Å². The molecule has 0 aromatic carbocycles. The fraction of sp³-hybridized carbons (Fsp3) is 0.500. The average Bonchev–Trinajstić information content (AvgIpc) is 2.79. The smallest absolute Gasteiger partial charge is 0.150 e. The highest BCUT2D eigenvalue weighted by Gasteiger charge is 2.25. The first-order valence-electron chi connectivity index (χ1n) is 6.93. The molecule has 6 heteroatoms. The highest BCUT2D eigenvalue weighted by molar-refractivity contribution is 7.91. The number of hydrogen-bond acceptors (Lipinski definition) is 4. The summed E-state index contributed by atoms with van der Waals surface area (Å²) in [5.74, 6) is 0.830. The predicted molar refractivity (Wildman–Crippen MR) is 78.2 cm³/mol. The Labute approximate surface area is 118 Å². The minimum atomic E-state index is -2.85. The Balaban J connectivity index is 1.84. The monoisotopic (exact) mass is 293 g/mol. The zero-order valence-electron chi connectivity index (χ0n) is 11.3. The van der Waals surface area contributed by atoms with E-state index in [4.69, 9.17) is 5.73 Å². The quantitative estimate of drug-likeness (QED) is 0.921. The largest absolute Gasteiger partial charge is 0.326 e. The van der Waals surface area contributed by atoms with Gasteiger partial charge in [-0.1, -0.05) is 6.07 Å². The fourth-order valence-electron chi connectivity index (χ4n) is 2.95. The molecule has 1 fully saturated rings. The lowest BCUT2D eigenvalue weighted by molar-refractivity contribution is 0.480. The van der Waals surface area contributed by atoms with Crippen LogP contribution in [0.4, 0.5) is 0 Å². The standard InChI is InChI=1S/C14H19N3O2S/c15-8-12-4-1-5-17-9-13(16-14(12)17)7-11-3-2-6-20(18,19)10-11/h1,4-5,9,11H,2-3,6-8,10,15H2. The second kappa shape index (κ2) is 5.18. The number of nitrogens with zero attached hydrogens (tertiary/aromatic N) is 2. The molecule has 0 amide bonds. The normalized spacial score (nSPS) is 22.1. The van der Waals surface area contributed by atoms with Gasteiger partial charge in [-0.25, -0.2) is 13.4 Å². The number of imidazole rings is 1. The lowest BCUT2D eigenvalue weighted by atomic mass is 10.00. The van der Waals surface area contributed by atoms with Crippen LogP contribution in [0, 0.1) is 5.92 Å². The van der Waals surface area contributed by atoms with Crippen molar-refractivity contribution in [1.29, 1.82) is 0 Å². The van der Waals surface area contributed by atoms with Gasteiger partial charge >= 0.3 is 0 Å². The summed E-state index contributed by atoms with van der Waals surface area (Å²) in [4.78, 5) is 4.61. The van der Waals surface area contributed by atoms with E-state index >= 15 is 0 Å². The van der Waals surface area contributed by atoms with E-state index in [0.717, 1.165) is 36.2 Å². The molecule has 0 bridgehead atoms. The summed E-state index contributed by atoms with van der Waals surface area (Å²) in [7, 11) is -2.85. The maximum Gasteiger partial charge on any atom is 0.150 e. The van der Waals surface area contributed by atoms with E-state index in [1.165, 1.54) is 0 Å². The lowest BCUT2D eigenvalue weighted by Crippen LogP contribution is -2.26. The zero-order valence-corrected chi connectivity index (χ0v) is 12.1. The topological polar surface area (TPSA) is 77.5 Å². The van der Waals surface area contributed by atoms with Gasteiger partial charge in [-0.3, -0.25) is 0 Å². The van der Waals surface area contributed by atoms with E-state index in [9.17, 15) is 8.42 Å². The van der Waals surface area contributed by atoms with Crippen LogP contribution in [0.5, 0.6) is 0 Å². The Hall–Kier alpha value is -1.40. The van der Waals surface area contributed by atoms with Crippen molar-refractivity contribution in [2.24, 2.45) is 11.7 Å². The first-order chi connectivity index (χ1) is 9.57. The van der Waals surface area contributed by atoms with Gasteiger partial charge in [0.05, 0.1) is 17.2 Å². The van der Waals surface area contributed by atoms with Crippen LogP contribution in [0.1, 0.15) is 24.1 Å². The Bertz CT molecular complexity index is 721. The molecule has 108 valence electrons. The predicted octanol–water partition coefficient (Wildman–Crippen LogP) is 1.16. The van der Waals surface area contributed by atoms with Crippen molar-refractivity contribution in [3.8, 4) is 0 Å². The summed E-state index contributed by atoms with van der Waals surface area (Å²) in [5.41, 5.74) is 8.55. The van der Waals surface area contributed by atoms with Crippen LogP contribution in [-0.2, 0) is 22.8 Å². The van der Waals surface area contributed by atoms with Crippen LogP contribution in [-0.4, -0.2) is 29.3 Å². The van der Waals surface area contributed by atoms with Crippen molar-refractivity contribution in [1.82, 2.24) is 9.38 Å². The molecule has 1 unspecified atom stereocenters. The molecule has 2 N–H and O–H groups in total. The summed E-state index contributed by atoms with van der Waals surface area (Å²) >= 11 is 0. The number of nitrogens with two attached hydrogens (primary N) is 1. The van der Waals surface area contributed by atoms with E-state index in [1.54, 1.807) is 0 Å². The molecule has 1 aliphatic heterocycles. The molecule has 0 radical (unpaired) electrons. The highest BCUT2D eigenvalue weighted by Crippen LogP contribution is 2.22. The summed E-state index contributed by atoms with van der Waals surface area (Å²) in [6.45, 7) is 0.457. The number of sulfone groups is 1. The van der Waals surface area contributed by atoms with E-state index in [1.807, 2.05) is 28.9 Å². The molecule has 5 nitrogen and oxygen atoms in total. The van der Waals surface area contributed by atoms with Crippen LogP contribution >= 0.6 is 0 Å². The number of hydrogen-bond donors (Lipinski definition) is 1. The Kier molecular flexibility index (Phi) is 3.52. The molecule has 1 saturated heterocycles. The second-order valence-corrected chi connectivity index (χ2v) is 7.76. The third-order valence-corrected chi connectivity index (χ3v) is 5.78. The van der Waals surface area contributed by atoms with Gasteiger partial charge in [0.15, 0.2) is 9.84 Å². The van der Waals surface area contributed by atoms with Gasteiger partial charge < -0.3 is 10.1 Å². The second-order valence-electron chi connectivity index (χ2n) is 5.53. The molecule has 0 saturated carbocycles. The Morgan fingerprint density at radius 3 is 3.05 bits per heavy atom. The van der Waals surface area contributed by atoms with Crippen molar-refractivity contribution in [3.63, 3.8) is 0 Å². The van der Waals surface area contributed by atoms with E-state index in [-0.39, 0.29) is 5.92 Å². The highest BCUT2D eigenvalue weighted by atomic mass is 32.2. The van der Waals surface area contributed by atoms with Crippen molar-refractivity contribution in [2.45, 2.75) is 25.8 Å². The Morgan fingerprint density at radius 2 is 2.30 bits per heavy atom. The molecule has 3 rings (SSSR count). The summed E-state index contributed by atoms with van der Waals surface area (Å²) < 4.78 is 25.3. The van der Waals surface area contributed by atoms with Gasteiger partial charge in [0.2, 0.25) is 0 Å². The van der Waals surface area contributed by atoms with Crippen LogP contribution in [0.2, 0.25) is 0 Å². The first-order valence-corrected chi connectivity index (χ1v) is 8.75. The maximum absolute atomic E-state index is 11.7. The molecule has 2 aromatic rings. The zero-order chi connectivity index (χ0) is 14.2. The minimum absolute atomic E-state index is 0.194. The van der Waals surface area contributed by atoms with Crippen LogP contribution < -0.4 is 5.73 Å². The van der Waals surface area contributed by atoms with Gasteiger partial charge in [0, 0.05) is 24.5 Å². The molecular weight excluding hydrogens is 274 g/mol. The number of pyridine rings is 1. The summed E-state index contributed by atoms with van der Waals surface area (Å²) in [6.07, 6.45) is 6.40. The van der Waals surface area contributed by atoms with Gasteiger partial charge in [-0.05, 0) is 31.2 Å². The molecule has 0 spiro atoms. The van der Waals surface area contributed by atoms with Crippen molar-refractivity contribution < 1.29 is 8.42 Å². The van der Waals surface area contributed by atoms with Crippen molar-refractivity contribution in [2.75, 3.05) is 11.5 Å². The molecule has 3 heterocycles. The van der Waals surface area contributed by atoms with Crippen LogP contribution in [0.25, 0.3) is 5.65 Å². The van der Waals surface area contributed by atoms with Crippen molar-refractivity contribution >= 4 is 15.5 Å². The first kappa shape index (κ1) is 13.6. The molecule has 1 aliphatic rings. The van der Waals surface area contributed by atoms with Crippen molar-refractivity contribution in [3.05, 3.63) is 35.8 Å². The molecule has 2 aromatic heterocycles. The fourth-order valence-corrected chi connectivity index (χ4v) is 4.73. The third-order valence-electron chi connectivity index (χ3n) is 3.89. The molecule has 20 heavy (non-hydrogen) atoms. The van der Waals surface area contributed by atoms with Gasteiger partial charge in [0.25, 0.3) is 0 Å². The molecular formula is C14H19N3O2S. The van der Waals surface area contributed by atoms with Crippen LogP contribution in [0.15, 0.2) is 24.5 Å². The van der Waals surface area contributed by atoms with Gasteiger partial charge in [-0.2, -0.15) is 0 Å². The van der Waals surface area contributed by atoms with E-state index in [0.29, 0.717) is 18.1 Å². The summed E-state index contributed by atoms with van der Waals surface area (Å²) in [5, 5.41) is 0. The molecule has 1 atom stereocenters. The SMILES string of the molecule is NCc1cccn2cc(CC3CCCS(=O)(=O)C3)nc12. The van der Waals surface area contributed by atoms with Gasteiger partial charge in [0.1, 0.15) is 5.65 Å². The third kappa shape index (κ3) is 2.71. The van der Waals surface area contributed by atoms with Crippen LogP contribution in [0.3, 0.4) is 0 Å². The number of rotatable bonds is 3. The number of fused-ring (bicyclic) bond motifs is 1. The molecule has 0 aliphatic carbocycles. The minimum Gasteiger partial charge on any atom is -0.326 e. The lowest BCUT2D eigenvalue weighted by Gasteiger charge is -2.20. The average molecular weight is 293 g/mol. The summed E-state index contributed by atoms with van der Waals surface area (Å²) in [6, 6.07) is 3.92.